The second-order valence-electron chi connectivity index (χ2n) is 21.3. The largest absolute Gasteiger partial charge is 0.457 e. The standard InChI is InChI=1S/C57H57NO/c1-54(2)25-26-55(3,4)50-34-43(21-23-47(50)54)58(42-20-22-45-44-11-7-8-12-46(44)56(5,6)49(45)33-42)41-18-15-37(16-19-41)38-17-24-53-51(32-38)57(48-13-9-10-14-52(48)59-53)39-28-35-27-36(30-39)31-40(57)29-35/h7-24,32-36,39-40H,25-31H2,1-6H3. The molecule has 4 saturated carbocycles. The molecular formula is C57H57NO. The minimum absolute atomic E-state index is 0.0418. The van der Waals surface area contributed by atoms with Crippen LogP contribution in [0.25, 0.3) is 22.3 Å². The quantitative estimate of drug-likeness (QED) is 0.177. The highest BCUT2D eigenvalue weighted by Crippen LogP contribution is 2.69. The fourth-order valence-electron chi connectivity index (χ4n) is 13.9. The molecule has 2 heteroatoms. The van der Waals surface area contributed by atoms with Crippen LogP contribution in [0.3, 0.4) is 0 Å². The Hall–Kier alpha value is -5.08. The molecular weight excluding hydrogens is 715 g/mol. The van der Waals surface area contributed by atoms with Gasteiger partial charge in [-0.2, -0.15) is 0 Å². The Morgan fingerprint density at radius 1 is 0.441 bits per heavy atom. The van der Waals surface area contributed by atoms with Crippen molar-refractivity contribution < 1.29 is 4.74 Å². The molecule has 2 nitrogen and oxygen atoms in total. The van der Waals surface area contributed by atoms with Gasteiger partial charge in [0, 0.05) is 39.0 Å². The first-order chi connectivity index (χ1) is 28.4. The lowest BCUT2D eigenvalue weighted by Gasteiger charge is -2.63. The van der Waals surface area contributed by atoms with Crippen molar-refractivity contribution >= 4 is 17.1 Å². The van der Waals surface area contributed by atoms with Crippen LogP contribution in [0.4, 0.5) is 17.1 Å². The molecule has 6 aromatic rings. The first kappa shape index (κ1) is 35.8. The summed E-state index contributed by atoms with van der Waals surface area (Å²) in [5, 5.41) is 0. The first-order valence-electron chi connectivity index (χ1n) is 22.6. The van der Waals surface area contributed by atoms with E-state index in [1.165, 1.54) is 118 Å². The van der Waals surface area contributed by atoms with E-state index in [1.54, 1.807) is 0 Å². The molecule has 59 heavy (non-hydrogen) atoms. The monoisotopic (exact) mass is 771 g/mol. The van der Waals surface area contributed by atoms with Gasteiger partial charge in [0.1, 0.15) is 11.5 Å². The molecule has 6 aliphatic carbocycles. The molecule has 296 valence electrons. The van der Waals surface area contributed by atoms with E-state index in [9.17, 15) is 0 Å². The van der Waals surface area contributed by atoms with Crippen LogP contribution in [0, 0.1) is 23.7 Å². The molecule has 0 saturated heterocycles. The Labute approximate surface area is 351 Å². The van der Waals surface area contributed by atoms with Crippen molar-refractivity contribution in [3.05, 3.63) is 161 Å². The maximum Gasteiger partial charge on any atom is 0.131 e. The van der Waals surface area contributed by atoms with Gasteiger partial charge in [-0.3, -0.25) is 0 Å². The summed E-state index contributed by atoms with van der Waals surface area (Å²) < 4.78 is 6.77. The van der Waals surface area contributed by atoms with Gasteiger partial charge in [0.2, 0.25) is 0 Å². The average molecular weight is 772 g/mol. The molecule has 1 aliphatic heterocycles. The van der Waals surface area contributed by atoms with E-state index in [2.05, 4.69) is 174 Å². The lowest BCUT2D eigenvalue weighted by Crippen LogP contribution is -2.56. The van der Waals surface area contributed by atoms with Crippen molar-refractivity contribution in [3.8, 4) is 33.8 Å². The molecule has 13 rings (SSSR count). The van der Waals surface area contributed by atoms with Crippen molar-refractivity contribution in [2.24, 2.45) is 23.7 Å². The second kappa shape index (κ2) is 12.2. The van der Waals surface area contributed by atoms with Crippen molar-refractivity contribution in [1.29, 1.82) is 0 Å². The summed E-state index contributed by atoms with van der Waals surface area (Å²) in [4.78, 5) is 2.52. The summed E-state index contributed by atoms with van der Waals surface area (Å²) in [7, 11) is 0. The number of hydrogen-bond acceptors (Lipinski definition) is 2. The second-order valence-corrected chi connectivity index (χ2v) is 21.3. The summed E-state index contributed by atoms with van der Waals surface area (Å²) in [6, 6.07) is 49.1. The predicted molar refractivity (Wildman–Crippen MR) is 244 cm³/mol. The van der Waals surface area contributed by atoms with Crippen LogP contribution < -0.4 is 9.64 Å². The Kier molecular flexibility index (Phi) is 7.44. The van der Waals surface area contributed by atoms with Crippen LogP contribution in [0.2, 0.25) is 0 Å². The number of benzene rings is 6. The van der Waals surface area contributed by atoms with E-state index in [-0.39, 0.29) is 21.7 Å². The molecule has 1 heterocycles. The van der Waals surface area contributed by atoms with Gasteiger partial charge in [0.05, 0.1) is 0 Å². The molecule has 0 unspecified atom stereocenters. The summed E-state index contributed by atoms with van der Waals surface area (Å²) in [6.07, 6.45) is 9.30. The van der Waals surface area contributed by atoms with Crippen LogP contribution in [0.5, 0.6) is 11.5 Å². The Bertz CT molecular complexity index is 2660. The zero-order chi connectivity index (χ0) is 40.1. The van der Waals surface area contributed by atoms with E-state index in [0.29, 0.717) is 11.8 Å². The zero-order valence-electron chi connectivity index (χ0n) is 35.7. The van der Waals surface area contributed by atoms with Gasteiger partial charge in [0.15, 0.2) is 0 Å². The van der Waals surface area contributed by atoms with Crippen LogP contribution in [-0.2, 0) is 21.7 Å². The highest BCUT2D eigenvalue weighted by Gasteiger charge is 2.61. The molecule has 0 aromatic heterocycles. The molecule has 4 fully saturated rings. The molecule has 7 aliphatic rings. The number of ether oxygens (including phenoxy) is 1. The van der Waals surface area contributed by atoms with Crippen LogP contribution in [-0.4, -0.2) is 0 Å². The van der Waals surface area contributed by atoms with Crippen LogP contribution in [0.15, 0.2) is 127 Å². The van der Waals surface area contributed by atoms with E-state index in [0.717, 1.165) is 23.3 Å². The van der Waals surface area contributed by atoms with Gasteiger partial charge < -0.3 is 9.64 Å². The van der Waals surface area contributed by atoms with E-state index >= 15 is 0 Å². The topological polar surface area (TPSA) is 12.5 Å². The fourth-order valence-corrected chi connectivity index (χ4v) is 13.9. The van der Waals surface area contributed by atoms with Crippen molar-refractivity contribution in [2.45, 2.75) is 108 Å². The molecule has 4 bridgehead atoms. The molecule has 0 N–H and O–H groups in total. The lowest BCUT2D eigenvalue weighted by molar-refractivity contribution is -0.0452. The first-order valence-corrected chi connectivity index (χ1v) is 22.6. The number of anilines is 3. The highest BCUT2D eigenvalue weighted by atomic mass is 16.5. The third-order valence-corrected chi connectivity index (χ3v) is 16.8. The van der Waals surface area contributed by atoms with Gasteiger partial charge in [-0.1, -0.05) is 114 Å². The Morgan fingerprint density at radius 2 is 1.00 bits per heavy atom. The molecule has 0 radical (unpaired) electrons. The number of hydrogen-bond donors (Lipinski definition) is 0. The third-order valence-electron chi connectivity index (χ3n) is 16.8. The normalized spacial score (nSPS) is 26.6. The summed E-state index contributed by atoms with van der Waals surface area (Å²) >= 11 is 0. The van der Waals surface area contributed by atoms with Crippen molar-refractivity contribution in [3.63, 3.8) is 0 Å². The van der Waals surface area contributed by atoms with E-state index in [4.69, 9.17) is 4.74 Å². The van der Waals surface area contributed by atoms with Crippen molar-refractivity contribution in [1.82, 2.24) is 0 Å². The lowest BCUT2D eigenvalue weighted by atomic mass is 9.41. The minimum Gasteiger partial charge on any atom is -0.457 e. The Balaban J connectivity index is 0.976. The fraction of sp³-hybridized carbons (Fsp3) is 0.368. The van der Waals surface area contributed by atoms with Crippen molar-refractivity contribution in [2.75, 3.05) is 4.90 Å². The smallest absolute Gasteiger partial charge is 0.131 e. The van der Waals surface area contributed by atoms with Gasteiger partial charge in [-0.25, -0.2) is 0 Å². The Morgan fingerprint density at radius 3 is 1.73 bits per heavy atom. The number of nitrogens with zero attached hydrogens (tertiary/aromatic N) is 1. The van der Waals surface area contributed by atoms with Gasteiger partial charge >= 0.3 is 0 Å². The van der Waals surface area contributed by atoms with E-state index in [1.807, 2.05) is 0 Å². The molecule has 0 amide bonds. The molecule has 0 atom stereocenters. The summed E-state index contributed by atoms with van der Waals surface area (Å²) in [6.45, 7) is 14.5. The van der Waals surface area contributed by atoms with Gasteiger partial charge in [-0.15, -0.1) is 0 Å². The minimum atomic E-state index is -0.0787. The molecule has 1 spiro atoms. The van der Waals surface area contributed by atoms with Gasteiger partial charge in [0.25, 0.3) is 0 Å². The van der Waals surface area contributed by atoms with E-state index < -0.39 is 0 Å². The SMILES string of the molecule is CC1(C)CCC(C)(C)c2cc(N(c3ccc(-c4ccc5c(c4)C4(c6ccccc6O5)C5CC6CC(C5)CC4C6)cc3)c3ccc4c(c3)C(C)(C)c3ccccc3-4)ccc21. The number of fused-ring (bicyclic) bond motifs is 6. The van der Waals surface area contributed by atoms with Gasteiger partial charge in [-0.05, 0) is 179 Å². The number of rotatable bonds is 4. The summed E-state index contributed by atoms with van der Waals surface area (Å²) in [5.74, 6) is 5.33. The van der Waals surface area contributed by atoms with Crippen LogP contribution >= 0.6 is 0 Å². The zero-order valence-corrected chi connectivity index (χ0v) is 35.7. The summed E-state index contributed by atoms with van der Waals surface area (Å²) in [5.41, 5.74) is 17.8. The highest BCUT2D eigenvalue weighted by molar-refractivity contribution is 5.86. The maximum atomic E-state index is 6.77. The maximum absolute atomic E-state index is 6.77. The predicted octanol–water partition coefficient (Wildman–Crippen LogP) is 15.3. The van der Waals surface area contributed by atoms with Crippen LogP contribution in [0.1, 0.15) is 120 Å². The molecule has 6 aromatic carbocycles. The number of para-hydroxylation sites is 1. The average Bonchev–Trinajstić information content (AvgIpc) is 3.46. The third kappa shape index (κ3) is 5.04.